The molecule has 0 saturated carbocycles. The first-order valence-corrected chi connectivity index (χ1v) is 8.28. The van der Waals surface area contributed by atoms with Gasteiger partial charge < -0.3 is 0 Å². The molecule has 2 rings (SSSR count). The minimum absolute atomic E-state index is 0.0601. The number of rotatable bonds is 4. The number of halogens is 1. The van der Waals surface area contributed by atoms with Gasteiger partial charge in [-0.15, -0.1) is 0 Å². The van der Waals surface area contributed by atoms with Gasteiger partial charge in [-0.3, -0.25) is 14.8 Å². The smallest absolute Gasteiger partial charge is 0.274 e. The Morgan fingerprint density at radius 3 is 2.52 bits per heavy atom. The summed E-state index contributed by atoms with van der Waals surface area (Å²) in [6.07, 6.45) is 1.13. The zero-order chi connectivity index (χ0) is 15.8. The summed E-state index contributed by atoms with van der Waals surface area (Å²) in [7, 11) is -3.87. The molecule has 10 heteroatoms. The molecule has 2 aromatic rings. The van der Waals surface area contributed by atoms with Gasteiger partial charge in [0.15, 0.2) is 8.68 Å². The molecule has 21 heavy (non-hydrogen) atoms. The molecule has 7 nitrogen and oxygen atoms in total. The molecule has 112 valence electrons. The number of hydrogen-bond acceptors (Lipinski definition) is 6. The second kappa shape index (κ2) is 5.58. The summed E-state index contributed by atoms with van der Waals surface area (Å²) in [5, 5.41) is 10.9. The molecular weight excluding hydrogens is 338 g/mol. The van der Waals surface area contributed by atoms with E-state index in [4.69, 9.17) is 11.6 Å². The fourth-order valence-electron chi connectivity index (χ4n) is 1.71. The highest BCUT2D eigenvalue weighted by molar-refractivity contribution is 7.94. The number of nitrogens with zero attached hydrogens (tertiary/aromatic N) is 2. The van der Waals surface area contributed by atoms with Gasteiger partial charge in [0.25, 0.3) is 15.7 Å². The fraction of sp³-hybridized carbons (Fsp3) is 0.182. The van der Waals surface area contributed by atoms with E-state index in [2.05, 4.69) is 9.71 Å². The maximum atomic E-state index is 12.2. The van der Waals surface area contributed by atoms with Crippen LogP contribution < -0.4 is 4.72 Å². The Labute approximate surface area is 129 Å². The van der Waals surface area contributed by atoms with E-state index >= 15 is 0 Å². The molecule has 0 radical (unpaired) electrons. The van der Waals surface area contributed by atoms with Gasteiger partial charge in [-0.05, 0) is 25.5 Å². The lowest BCUT2D eigenvalue weighted by Gasteiger charge is -2.10. The summed E-state index contributed by atoms with van der Waals surface area (Å²) in [6.45, 7) is 3.25. The van der Waals surface area contributed by atoms with Gasteiger partial charge in [0.05, 0.1) is 16.8 Å². The Bertz CT molecular complexity index is 817. The SMILES string of the molecule is Cc1cc(C)c([N+](=O)[O-])cc1NS(=O)(=O)c1cnc(Cl)s1. The van der Waals surface area contributed by atoms with Crippen molar-refractivity contribution in [2.24, 2.45) is 0 Å². The van der Waals surface area contributed by atoms with Gasteiger partial charge in [-0.1, -0.05) is 22.9 Å². The number of nitro groups is 1. The molecule has 0 fully saturated rings. The molecule has 1 aromatic heterocycles. The highest BCUT2D eigenvalue weighted by Gasteiger charge is 2.21. The third kappa shape index (κ3) is 3.31. The predicted octanol–water partition coefficient (Wildman–Crippen LogP) is 3.12. The van der Waals surface area contributed by atoms with Crippen LogP contribution in [0.1, 0.15) is 11.1 Å². The van der Waals surface area contributed by atoms with E-state index in [9.17, 15) is 18.5 Å². The Balaban J connectivity index is 2.44. The van der Waals surface area contributed by atoms with E-state index in [-0.39, 0.29) is 20.1 Å². The van der Waals surface area contributed by atoms with E-state index in [0.29, 0.717) is 11.1 Å². The number of anilines is 1. The summed E-state index contributed by atoms with van der Waals surface area (Å²) >= 11 is 6.42. The summed E-state index contributed by atoms with van der Waals surface area (Å²) in [4.78, 5) is 14.0. The Morgan fingerprint density at radius 1 is 1.33 bits per heavy atom. The summed E-state index contributed by atoms with van der Waals surface area (Å²) in [5.74, 6) is 0. The maximum Gasteiger partial charge on any atom is 0.274 e. The molecule has 0 atom stereocenters. The van der Waals surface area contributed by atoms with Gasteiger partial charge in [0.2, 0.25) is 0 Å². The van der Waals surface area contributed by atoms with Crippen molar-refractivity contribution in [1.82, 2.24) is 4.98 Å². The minimum atomic E-state index is -3.87. The summed E-state index contributed by atoms with van der Waals surface area (Å²) in [5.41, 5.74) is 1.04. The average molecular weight is 348 g/mol. The van der Waals surface area contributed by atoms with Crippen LogP contribution in [-0.2, 0) is 10.0 Å². The monoisotopic (exact) mass is 347 g/mol. The van der Waals surface area contributed by atoms with Crippen molar-refractivity contribution < 1.29 is 13.3 Å². The first-order chi connectivity index (χ1) is 9.70. The van der Waals surface area contributed by atoms with Crippen LogP contribution in [0.15, 0.2) is 22.5 Å². The highest BCUT2D eigenvalue weighted by Crippen LogP contribution is 2.29. The number of benzene rings is 1. The lowest BCUT2D eigenvalue weighted by atomic mass is 10.1. The van der Waals surface area contributed by atoms with Crippen molar-refractivity contribution in [1.29, 1.82) is 0 Å². The van der Waals surface area contributed by atoms with Crippen molar-refractivity contribution in [3.63, 3.8) is 0 Å². The largest absolute Gasteiger partial charge is 0.278 e. The van der Waals surface area contributed by atoms with Crippen molar-refractivity contribution in [3.8, 4) is 0 Å². The Hall–Kier alpha value is -1.71. The molecule has 0 spiro atoms. The van der Waals surface area contributed by atoms with Crippen LogP contribution in [0.2, 0.25) is 4.47 Å². The van der Waals surface area contributed by atoms with E-state index in [0.717, 1.165) is 17.5 Å². The number of nitro benzene ring substituents is 1. The van der Waals surface area contributed by atoms with Crippen LogP contribution in [-0.4, -0.2) is 18.3 Å². The molecule has 0 aliphatic rings. The molecule has 0 aliphatic carbocycles. The Morgan fingerprint density at radius 2 is 2.00 bits per heavy atom. The average Bonchev–Trinajstić information content (AvgIpc) is 2.79. The zero-order valence-corrected chi connectivity index (χ0v) is 13.3. The van der Waals surface area contributed by atoms with Crippen LogP contribution in [0.3, 0.4) is 0 Å². The van der Waals surface area contributed by atoms with Gasteiger partial charge in [0.1, 0.15) is 0 Å². The number of aryl methyl sites for hydroxylation is 2. The number of thiazole rings is 1. The molecular formula is C11H10ClN3O4S2. The second-order valence-electron chi connectivity index (χ2n) is 4.25. The van der Waals surface area contributed by atoms with Crippen molar-refractivity contribution >= 4 is 44.3 Å². The molecule has 1 aromatic carbocycles. The molecule has 0 unspecified atom stereocenters. The minimum Gasteiger partial charge on any atom is -0.278 e. The molecule has 0 aliphatic heterocycles. The zero-order valence-electron chi connectivity index (χ0n) is 11.0. The van der Waals surface area contributed by atoms with E-state index in [1.807, 2.05) is 0 Å². The highest BCUT2D eigenvalue weighted by atomic mass is 35.5. The lowest BCUT2D eigenvalue weighted by molar-refractivity contribution is -0.385. The van der Waals surface area contributed by atoms with Crippen molar-refractivity contribution in [2.45, 2.75) is 18.1 Å². The van der Waals surface area contributed by atoms with Crippen LogP contribution in [0.25, 0.3) is 0 Å². The third-order valence-electron chi connectivity index (χ3n) is 2.71. The summed E-state index contributed by atoms with van der Waals surface area (Å²) in [6, 6.07) is 2.75. The third-order valence-corrected chi connectivity index (χ3v) is 5.65. The van der Waals surface area contributed by atoms with Crippen molar-refractivity contribution in [2.75, 3.05) is 4.72 Å². The molecule has 0 saturated heterocycles. The van der Waals surface area contributed by atoms with Crippen LogP contribution in [0.4, 0.5) is 11.4 Å². The first-order valence-electron chi connectivity index (χ1n) is 5.60. The van der Waals surface area contributed by atoms with Crippen LogP contribution in [0.5, 0.6) is 0 Å². The molecule has 0 bridgehead atoms. The van der Waals surface area contributed by atoms with Crippen molar-refractivity contribution in [3.05, 3.63) is 44.0 Å². The fourth-order valence-corrected chi connectivity index (χ4v) is 4.12. The van der Waals surface area contributed by atoms with E-state index < -0.39 is 14.9 Å². The predicted molar refractivity (Wildman–Crippen MR) is 80.5 cm³/mol. The van der Waals surface area contributed by atoms with Gasteiger partial charge in [-0.25, -0.2) is 13.4 Å². The number of nitrogens with one attached hydrogen (secondary N) is 1. The number of sulfonamides is 1. The van der Waals surface area contributed by atoms with Gasteiger partial charge in [0, 0.05) is 11.6 Å². The van der Waals surface area contributed by atoms with E-state index in [1.165, 1.54) is 6.07 Å². The van der Waals surface area contributed by atoms with Crippen LogP contribution in [0, 0.1) is 24.0 Å². The first kappa shape index (κ1) is 15.7. The molecule has 0 amide bonds. The topological polar surface area (TPSA) is 102 Å². The molecule has 1 heterocycles. The van der Waals surface area contributed by atoms with Crippen LogP contribution >= 0.6 is 22.9 Å². The number of hydrogen-bond donors (Lipinski definition) is 1. The normalized spacial score (nSPS) is 11.4. The van der Waals surface area contributed by atoms with E-state index in [1.54, 1.807) is 19.9 Å². The Kier molecular flexibility index (Phi) is 4.17. The lowest BCUT2D eigenvalue weighted by Crippen LogP contribution is -2.13. The summed E-state index contributed by atoms with van der Waals surface area (Å²) < 4.78 is 26.7. The quantitative estimate of drug-likeness (QED) is 0.676. The maximum absolute atomic E-state index is 12.2. The number of aromatic nitrogens is 1. The standard InChI is InChI=1S/C11H10ClN3O4S2/c1-6-3-7(2)9(15(16)17)4-8(6)14-21(18,19)10-5-13-11(12)20-10/h3-5,14H,1-2H3. The molecule has 1 N–H and O–H groups in total. The van der Waals surface area contributed by atoms with Gasteiger partial charge >= 0.3 is 0 Å². The second-order valence-corrected chi connectivity index (χ2v) is 7.77. The van der Waals surface area contributed by atoms with Gasteiger partial charge in [-0.2, -0.15) is 0 Å².